The first kappa shape index (κ1) is 13.9. The van der Waals surface area contributed by atoms with E-state index in [1.54, 1.807) is 10.9 Å². The van der Waals surface area contributed by atoms with Gasteiger partial charge in [0.25, 0.3) is 0 Å². The summed E-state index contributed by atoms with van der Waals surface area (Å²) in [6.45, 7) is 5.96. The average molecular weight is 287 g/mol. The minimum Gasteiger partial charge on any atom is -0.340 e. The van der Waals surface area contributed by atoms with Gasteiger partial charge in [0.05, 0.1) is 12.4 Å². The number of aryl methyl sites for hydroxylation is 2. The Balaban J connectivity index is 1.65. The van der Waals surface area contributed by atoms with E-state index in [0.29, 0.717) is 12.5 Å². The molecular weight excluding hydrogens is 266 g/mol. The van der Waals surface area contributed by atoms with Gasteiger partial charge in [0.1, 0.15) is 6.54 Å². The van der Waals surface area contributed by atoms with Crippen molar-refractivity contribution < 1.29 is 4.79 Å². The van der Waals surface area contributed by atoms with Crippen LogP contribution in [0.4, 0.5) is 0 Å². The minimum atomic E-state index is 0.139. The van der Waals surface area contributed by atoms with Gasteiger partial charge in [-0.25, -0.2) is 0 Å². The normalized spacial score (nSPS) is 19.0. The van der Waals surface area contributed by atoms with E-state index in [0.717, 1.165) is 31.5 Å². The van der Waals surface area contributed by atoms with Gasteiger partial charge in [-0.2, -0.15) is 10.2 Å². The number of hydrogen-bond donors (Lipinski definition) is 1. The fourth-order valence-electron chi connectivity index (χ4n) is 3.00. The molecule has 2 aromatic heterocycles. The molecule has 1 aliphatic rings. The van der Waals surface area contributed by atoms with Gasteiger partial charge in [0.15, 0.2) is 0 Å². The van der Waals surface area contributed by atoms with E-state index in [9.17, 15) is 4.79 Å². The lowest BCUT2D eigenvalue weighted by atomic mass is 9.93. The second-order valence-corrected chi connectivity index (χ2v) is 5.86. The van der Waals surface area contributed by atoms with Crippen LogP contribution in [-0.4, -0.2) is 43.9 Å². The lowest BCUT2D eigenvalue weighted by molar-refractivity contribution is -0.133. The molecule has 1 aliphatic heterocycles. The molecule has 6 heteroatoms. The van der Waals surface area contributed by atoms with Gasteiger partial charge < -0.3 is 4.90 Å². The molecule has 0 aliphatic carbocycles. The van der Waals surface area contributed by atoms with Crippen LogP contribution in [0.3, 0.4) is 0 Å². The lowest BCUT2D eigenvalue weighted by Crippen LogP contribution is -2.41. The molecule has 0 aromatic carbocycles. The van der Waals surface area contributed by atoms with Crippen LogP contribution in [-0.2, 0) is 11.3 Å². The third-order valence-corrected chi connectivity index (χ3v) is 4.11. The van der Waals surface area contributed by atoms with E-state index in [1.807, 2.05) is 24.2 Å². The Morgan fingerprint density at radius 3 is 2.95 bits per heavy atom. The molecule has 1 saturated heterocycles. The Hall–Kier alpha value is -2.11. The number of carbonyl (C=O) groups excluding carboxylic acids is 1. The second kappa shape index (κ2) is 5.71. The first-order valence-electron chi connectivity index (χ1n) is 7.40. The molecule has 0 saturated carbocycles. The smallest absolute Gasteiger partial charge is 0.244 e. The molecule has 1 amide bonds. The number of aromatic amines is 1. The highest BCUT2D eigenvalue weighted by Crippen LogP contribution is 2.27. The van der Waals surface area contributed by atoms with Gasteiger partial charge in [-0.1, -0.05) is 0 Å². The number of rotatable bonds is 3. The van der Waals surface area contributed by atoms with Crippen molar-refractivity contribution >= 4 is 5.91 Å². The summed E-state index contributed by atoms with van der Waals surface area (Å²) in [5, 5.41) is 11.4. The summed E-state index contributed by atoms with van der Waals surface area (Å²) in [6, 6.07) is 0. The Labute approximate surface area is 124 Å². The Morgan fingerprint density at radius 2 is 2.29 bits per heavy atom. The van der Waals surface area contributed by atoms with E-state index in [4.69, 9.17) is 0 Å². The van der Waals surface area contributed by atoms with Crippen LogP contribution in [0.5, 0.6) is 0 Å². The summed E-state index contributed by atoms with van der Waals surface area (Å²) in [7, 11) is 0. The molecule has 0 bridgehead atoms. The first-order valence-corrected chi connectivity index (χ1v) is 7.40. The summed E-state index contributed by atoms with van der Waals surface area (Å²) in [5.74, 6) is 0.504. The van der Waals surface area contributed by atoms with Gasteiger partial charge in [0, 0.05) is 30.9 Å². The van der Waals surface area contributed by atoms with Crippen LogP contribution >= 0.6 is 0 Å². The molecule has 3 rings (SSSR count). The van der Waals surface area contributed by atoms with Crippen molar-refractivity contribution in [3.05, 3.63) is 35.4 Å². The number of likely N-dealkylation sites (tertiary alicyclic amines) is 1. The molecule has 2 aromatic rings. The van der Waals surface area contributed by atoms with Crippen molar-refractivity contribution in [3.8, 4) is 0 Å². The van der Waals surface area contributed by atoms with E-state index in [1.165, 1.54) is 11.3 Å². The number of carbonyl (C=O) groups is 1. The minimum absolute atomic E-state index is 0.139. The van der Waals surface area contributed by atoms with E-state index < -0.39 is 0 Å². The molecule has 1 N–H and O–H groups in total. The van der Waals surface area contributed by atoms with Gasteiger partial charge in [-0.3, -0.25) is 14.6 Å². The average Bonchev–Trinajstić information content (AvgIpc) is 3.07. The number of H-pyrrole nitrogens is 1. The van der Waals surface area contributed by atoms with Crippen molar-refractivity contribution in [1.82, 2.24) is 24.9 Å². The summed E-state index contributed by atoms with van der Waals surface area (Å²) in [4.78, 5) is 14.4. The quantitative estimate of drug-likeness (QED) is 0.933. The standard InChI is InChI=1S/C15H21N5O/c1-11-6-17-20(8-11)10-14(21)19-5-3-4-13(9-19)15-12(2)7-16-18-15/h6-8,13H,3-5,9-10H2,1-2H3,(H,16,18). The van der Waals surface area contributed by atoms with Crippen molar-refractivity contribution in [1.29, 1.82) is 0 Å². The third kappa shape index (κ3) is 2.99. The van der Waals surface area contributed by atoms with Gasteiger partial charge >= 0.3 is 0 Å². The fraction of sp³-hybridized carbons (Fsp3) is 0.533. The summed E-state index contributed by atoms with van der Waals surface area (Å²) in [5.41, 5.74) is 3.42. The molecule has 112 valence electrons. The molecular formula is C15H21N5O. The van der Waals surface area contributed by atoms with Crippen LogP contribution in [0.25, 0.3) is 0 Å². The molecule has 6 nitrogen and oxygen atoms in total. The predicted molar refractivity (Wildman–Crippen MR) is 78.8 cm³/mol. The van der Waals surface area contributed by atoms with Crippen LogP contribution in [0.15, 0.2) is 18.6 Å². The van der Waals surface area contributed by atoms with Crippen LogP contribution < -0.4 is 0 Å². The highest BCUT2D eigenvalue weighted by Gasteiger charge is 2.26. The summed E-state index contributed by atoms with van der Waals surface area (Å²) in [6.07, 6.45) is 7.67. The lowest BCUT2D eigenvalue weighted by Gasteiger charge is -2.32. The molecule has 3 heterocycles. The predicted octanol–water partition coefficient (Wildman–Crippen LogP) is 1.63. The molecule has 1 atom stereocenters. The highest BCUT2D eigenvalue weighted by atomic mass is 16.2. The largest absolute Gasteiger partial charge is 0.340 e. The number of piperidine rings is 1. The van der Waals surface area contributed by atoms with Crippen molar-refractivity contribution in [2.24, 2.45) is 0 Å². The van der Waals surface area contributed by atoms with Gasteiger partial charge in [0.2, 0.25) is 5.91 Å². The van der Waals surface area contributed by atoms with Crippen molar-refractivity contribution in [2.75, 3.05) is 13.1 Å². The van der Waals surface area contributed by atoms with Gasteiger partial charge in [-0.05, 0) is 37.8 Å². The number of amides is 1. The number of hydrogen-bond acceptors (Lipinski definition) is 3. The zero-order valence-corrected chi connectivity index (χ0v) is 12.5. The van der Waals surface area contributed by atoms with E-state index >= 15 is 0 Å². The number of aromatic nitrogens is 4. The van der Waals surface area contributed by atoms with Crippen molar-refractivity contribution in [3.63, 3.8) is 0 Å². The number of nitrogens with one attached hydrogen (secondary N) is 1. The molecule has 1 fully saturated rings. The monoisotopic (exact) mass is 287 g/mol. The zero-order valence-electron chi connectivity index (χ0n) is 12.5. The molecule has 21 heavy (non-hydrogen) atoms. The number of nitrogens with zero attached hydrogens (tertiary/aromatic N) is 4. The maximum Gasteiger partial charge on any atom is 0.244 e. The Morgan fingerprint density at radius 1 is 1.43 bits per heavy atom. The van der Waals surface area contributed by atoms with Crippen molar-refractivity contribution in [2.45, 2.75) is 39.2 Å². The van der Waals surface area contributed by atoms with Crippen LogP contribution in [0, 0.1) is 13.8 Å². The molecule has 0 radical (unpaired) electrons. The maximum atomic E-state index is 12.4. The first-order chi connectivity index (χ1) is 10.1. The maximum absolute atomic E-state index is 12.4. The SMILES string of the molecule is Cc1cnn(CC(=O)N2CCCC(c3[nH]ncc3C)C2)c1. The van der Waals surface area contributed by atoms with E-state index in [2.05, 4.69) is 22.2 Å². The molecule has 1 unspecified atom stereocenters. The highest BCUT2D eigenvalue weighted by molar-refractivity contribution is 5.76. The van der Waals surface area contributed by atoms with Crippen LogP contribution in [0.1, 0.15) is 35.6 Å². The summed E-state index contributed by atoms with van der Waals surface area (Å²) < 4.78 is 1.71. The topological polar surface area (TPSA) is 66.8 Å². The second-order valence-electron chi connectivity index (χ2n) is 5.86. The Bertz CT molecular complexity index is 630. The van der Waals surface area contributed by atoms with Crippen LogP contribution in [0.2, 0.25) is 0 Å². The molecule has 0 spiro atoms. The fourth-order valence-corrected chi connectivity index (χ4v) is 3.00. The third-order valence-electron chi connectivity index (χ3n) is 4.11. The Kier molecular flexibility index (Phi) is 3.77. The van der Waals surface area contributed by atoms with Gasteiger partial charge in [-0.15, -0.1) is 0 Å². The van der Waals surface area contributed by atoms with E-state index in [-0.39, 0.29) is 5.91 Å². The zero-order chi connectivity index (χ0) is 14.8. The summed E-state index contributed by atoms with van der Waals surface area (Å²) >= 11 is 0.